The van der Waals surface area contributed by atoms with Gasteiger partial charge >= 0.3 is 5.97 Å². The van der Waals surface area contributed by atoms with Gasteiger partial charge in [0.05, 0.1) is 25.2 Å². The first kappa shape index (κ1) is 59.6. The van der Waals surface area contributed by atoms with E-state index in [-0.39, 0.29) is 24.9 Å². The molecule has 0 fully saturated rings. The SMILES string of the molecule is CCCCC/C=C\C/C=C\C/C=C\C/C=C\CCCC(=O)OC(CCCCCCC/C=C/CCCCCCCC)CC(=O)NC(CO)C(O)CCCCCCCCCCCCC. The first-order valence-corrected chi connectivity index (χ1v) is 26.5. The number of amides is 1. The summed E-state index contributed by atoms with van der Waals surface area (Å²) in [4.78, 5) is 26.1. The van der Waals surface area contributed by atoms with Crippen LogP contribution in [-0.4, -0.2) is 46.9 Å². The van der Waals surface area contributed by atoms with E-state index < -0.39 is 18.2 Å². The van der Waals surface area contributed by atoms with Crippen LogP contribution in [0.1, 0.15) is 258 Å². The Kier molecular flexibility index (Phi) is 47.6. The minimum Gasteiger partial charge on any atom is -0.462 e. The van der Waals surface area contributed by atoms with E-state index in [2.05, 4.69) is 86.8 Å². The van der Waals surface area contributed by atoms with Crippen LogP contribution in [0, 0.1) is 0 Å². The summed E-state index contributed by atoms with van der Waals surface area (Å²) in [5, 5.41) is 23.7. The maximum absolute atomic E-state index is 13.2. The highest BCUT2D eigenvalue weighted by Crippen LogP contribution is 2.17. The van der Waals surface area contributed by atoms with Crippen molar-refractivity contribution >= 4 is 11.9 Å². The van der Waals surface area contributed by atoms with Crippen molar-refractivity contribution in [2.75, 3.05) is 6.61 Å². The molecule has 3 N–H and O–H groups in total. The second kappa shape index (κ2) is 49.6. The van der Waals surface area contributed by atoms with E-state index in [1.807, 2.05) is 0 Å². The van der Waals surface area contributed by atoms with Crippen LogP contribution in [0.4, 0.5) is 0 Å². The summed E-state index contributed by atoms with van der Waals surface area (Å²) in [6, 6.07) is -0.716. The number of hydrogen-bond donors (Lipinski definition) is 3. The number of ether oxygens (including phenoxy) is 1. The standard InChI is InChI=1S/C56H101NO5/c1-4-7-10-13-16-19-22-24-26-27-29-31-34-37-40-43-46-49-56(61)62-52(47-44-41-38-35-33-30-28-25-23-20-17-14-11-8-5-2)50-55(60)57-53(51-58)54(59)48-45-42-39-36-32-21-18-15-12-9-6-3/h16,19,24-26,28-29,31,37,40,52-54,58-59H,4-15,17-18,20-23,27,30,32-36,38-39,41-51H2,1-3H3,(H,57,60)/b19-16-,26-24-,28-25+,31-29-,40-37-. The molecule has 0 bridgehead atoms. The molecule has 360 valence electrons. The van der Waals surface area contributed by atoms with Crippen molar-refractivity contribution < 1.29 is 24.5 Å². The summed E-state index contributed by atoms with van der Waals surface area (Å²) >= 11 is 0. The van der Waals surface area contributed by atoms with Crippen LogP contribution < -0.4 is 5.32 Å². The van der Waals surface area contributed by atoms with Crippen molar-refractivity contribution in [3.63, 3.8) is 0 Å². The average Bonchev–Trinajstić information content (AvgIpc) is 3.26. The molecule has 0 saturated heterocycles. The summed E-state index contributed by atoms with van der Waals surface area (Å²) in [6.45, 7) is 6.43. The first-order valence-electron chi connectivity index (χ1n) is 26.5. The van der Waals surface area contributed by atoms with Crippen molar-refractivity contribution in [1.29, 1.82) is 0 Å². The van der Waals surface area contributed by atoms with E-state index in [9.17, 15) is 19.8 Å². The predicted octanol–water partition coefficient (Wildman–Crippen LogP) is 16.0. The second-order valence-electron chi connectivity index (χ2n) is 17.9. The molecule has 3 atom stereocenters. The van der Waals surface area contributed by atoms with E-state index in [0.29, 0.717) is 25.7 Å². The Morgan fingerprint density at radius 3 is 1.29 bits per heavy atom. The Hall–Kier alpha value is -2.44. The van der Waals surface area contributed by atoms with Crippen LogP contribution >= 0.6 is 0 Å². The van der Waals surface area contributed by atoms with Gasteiger partial charge in [0.1, 0.15) is 6.10 Å². The van der Waals surface area contributed by atoms with Gasteiger partial charge in [-0.1, -0.05) is 216 Å². The molecule has 6 heteroatoms. The fourth-order valence-electron chi connectivity index (χ4n) is 7.77. The number of hydrogen-bond acceptors (Lipinski definition) is 5. The molecule has 0 heterocycles. The Morgan fingerprint density at radius 2 is 0.823 bits per heavy atom. The van der Waals surface area contributed by atoms with Gasteiger partial charge in [-0.25, -0.2) is 0 Å². The van der Waals surface area contributed by atoms with Gasteiger partial charge in [0, 0.05) is 6.42 Å². The molecule has 0 aliphatic heterocycles. The lowest BCUT2D eigenvalue weighted by Gasteiger charge is -2.24. The number of unbranched alkanes of at least 4 members (excludes halogenated alkanes) is 25. The molecule has 6 nitrogen and oxygen atoms in total. The van der Waals surface area contributed by atoms with Gasteiger partial charge in [0.25, 0.3) is 0 Å². The van der Waals surface area contributed by atoms with Crippen molar-refractivity contribution in [2.45, 2.75) is 277 Å². The molecule has 0 rings (SSSR count). The van der Waals surface area contributed by atoms with Crippen LogP contribution in [0.5, 0.6) is 0 Å². The third-order valence-electron chi connectivity index (χ3n) is 11.8. The zero-order valence-electron chi connectivity index (χ0n) is 41.0. The Bertz CT molecular complexity index is 1110. The second-order valence-corrected chi connectivity index (χ2v) is 17.9. The summed E-state index contributed by atoms with van der Waals surface area (Å²) in [7, 11) is 0. The number of rotatable bonds is 47. The van der Waals surface area contributed by atoms with Crippen molar-refractivity contribution in [1.82, 2.24) is 5.32 Å². The summed E-state index contributed by atoms with van der Waals surface area (Å²) in [5.41, 5.74) is 0. The highest BCUT2D eigenvalue weighted by molar-refractivity contribution is 5.77. The van der Waals surface area contributed by atoms with Gasteiger partial charge in [0.2, 0.25) is 5.91 Å². The van der Waals surface area contributed by atoms with Crippen molar-refractivity contribution in [3.8, 4) is 0 Å². The largest absolute Gasteiger partial charge is 0.462 e. The van der Waals surface area contributed by atoms with Crippen molar-refractivity contribution in [2.24, 2.45) is 0 Å². The first-order chi connectivity index (χ1) is 30.5. The molecule has 1 amide bonds. The average molecular weight is 868 g/mol. The summed E-state index contributed by atoms with van der Waals surface area (Å²) < 4.78 is 5.91. The number of aliphatic hydroxyl groups excluding tert-OH is 2. The normalized spacial score (nSPS) is 13.7. The molecule has 0 spiro atoms. The molecule has 0 aliphatic carbocycles. The third kappa shape index (κ3) is 44.2. The van der Waals surface area contributed by atoms with Crippen LogP contribution in [0.15, 0.2) is 60.8 Å². The van der Waals surface area contributed by atoms with Gasteiger partial charge in [-0.3, -0.25) is 9.59 Å². The number of allylic oxidation sites excluding steroid dienone is 10. The molecule has 0 aliphatic rings. The number of nitrogens with one attached hydrogen (secondary N) is 1. The lowest BCUT2D eigenvalue weighted by Crippen LogP contribution is -2.46. The quantitative estimate of drug-likeness (QED) is 0.0322. The van der Waals surface area contributed by atoms with Crippen LogP contribution in [-0.2, 0) is 14.3 Å². The summed E-state index contributed by atoms with van der Waals surface area (Å²) in [5.74, 6) is -0.546. The summed E-state index contributed by atoms with van der Waals surface area (Å²) in [6.07, 6.45) is 61.4. The molecule has 0 aromatic carbocycles. The van der Waals surface area contributed by atoms with Gasteiger partial charge in [0.15, 0.2) is 0 Å². The van der Waals surface area contributed by atoms with Gasteiger partial charge in [-0.2, -0.15) is 0 Å². The maximum atomic E-state index is 13.2. The number of aliphatic hydroxyl groups is 2. The Morgan fingerprint density at radius 1 is 0.468 bits per heavy atom. The number of esters is 1. The van der Waals surface area contributed by atoms with Crippen molar-refractivity contribution in [3.05, 3.63) is 60.8 Å². The molecule has 0 aromatic heterocycles. The van der Waals surface area contributed by atoms with Crippen LogP contribution in [0.3, 0.4) is 0 Å². The minimum atomic E-state index is -0.799. The van der Waals surface area contributed by atoms with Crippen LogP contribution in [0.25, 0.3) is 0 Å². The fourth-order valence-corrected chi connectivity index (χ4v) is 7.77. The zero-order chi connectivity index (χ0) is 45.2. The lowest BCUT2D eigenvalue weighted by molar-refractivity contribution is -0.151. The molecule has 0 radical (unpaired) electrons. The highest BCUT2D eigenvalue weighted by atomic mass is 16.5. The zero-order valence-corrected chi connectivity index (χ0v) is 41.0. The molecular formula is C56H101NO5. The van der Waals surface area contributed by atoms with Crippen LogP contribution in [0.2, 0.25) is 0 Å². The smallest absolute Gasteiger partial charge is 0.306 e. The van der Waals surface area contributed by atoms with Gasteiger partial charge in [-0.05, 0) is 89.9 Å². The van der Waals surface area contributed by atoms with E-state index >= 15 is 0 Å². The highest BCUT2D eigenvalue weighted by Gasteiger charge is 2.24. The van der Waals surface area contributed by atoms with E-state index in [0.717, 1.165) is 70.6 Å². The Labute approximate surface area is 384 Å². The molecular weight excluding hydrogens is 767 g/mol. The lowest BCUT2D eigenvalue weighted by atomic mass is 10.0. The maximum Gasteiger partial charge on any atom is 0.306 e. The van der Waals surface area contributed by atoms with Gasteiger partial charge in [-0.15, -0.1) is 0 Å². The third-order valence-corrected chi connectivity index (χ3v) is 11.8. The van der Waals surface area contributed by atoms with Gasteiger partial charge < -0.3 is 20.3 Å². The molecule has 62 heavy (non-hydrogen) atoms. The predicted molar refractivity (Wildman–Crippen MR) is 268 cm³/mol. The molecule has 0 saturated carbocycles. The number of carbonyl (C=O) groups excluding carboxylic acids is 2. The Balaban J connectivity index is 4.69. The topological polar surface area (TPSA) is 95.9 Å². The van der Waals surface area contributed by atoms with E-state index in [1.54, 1.807) is 0 Å². The fraction of sp³-hybridized carbons (Fsp3) is 0.786. The monoisotopic (exact) mass is 868 g/mol. The number of carbonyl (C=O) groups is 2. The minimum absolute atomic E-state index is 0.0496. The molecule has 0 aromatic rings. The molecule has 3 unspecified atom stereocenters. The van der Waals surface area contributed by atoms with E-state index in [4.69, 9.17) is 4.74 Å². The van der Waals surface area contributed by atoms with E-state index in [1.165, 1.54) is 135 Å².